The number of benzene rings is 1. The van der Waals surface area contributed by atoms with Crippen LogP contribution in [0, 0.1) is 5.92 Å². The molecule has 0 bridgehead atoms. The minimum absolute atomic E-state index is 0.0900. The Morgan fingerprint density at radius 2 is 2.11 bits per heavy atom. The van der Waals surface area contributed by atoms with Crippen LogP contribution in [0.2, 0.25) is 0 Å². The number of fused-ring (bicyclic) bond motifs is 1. The van der Waals surface area contributed by atoms with E-state index < -0.39 is 0 Å². The van der Waals surface area contributed by atoms with Gasteiger partial charge in [-0.3, -0.25) is 4.79 Å². The zero-order valence-corrected chi connectivity index (χ0v) is 10.3. The van der Waals surface area contributed by atoms with Crippen LogP contribution >= 0.6 is 0 Å². The molecule has 5 heteroatoms. The molecule has 1 fully saturated rings. The predicted octanol–water partition coefficient (Wildman–Crippen LogP) is 1.10. The minimum atomic E-state index is -0.374. The van der Waals surface area contributed by atoms with Crippen LogP contribution in [0.25, 0.3) is 11.0 Å². The van der Waals surface area contributed by atoms with Gasteiger partial charge in [-0.05, 0) is 36.7 Å². The standard InChI is InChI=1S/C14H14N2O3/c15-7-9-5-13(17)16(8-9)11-2-3-12-10(6-11)1-4-14(18)19-12/h1-4,6,9H,5,7-8,15H2. The van der Waals surface area contributed by atoms with E-state index in [0.29, 0.717) is 25.1 Å². The number of rotatable bonds is 2. The smallest absolute Gasteiger partial charge is 0.336 e. The summed E-state index contributed by atoms with van der Waals surface area (Å²) in [7, 11) is 0. The first kappa shape index (κ1) is 11.9. The fourth-order valence-electron chi connectivity index (χ4n) is 2.42. The Morgan fingerprint density at radius 3 is 2.84 bits per heavy atom. The zero-order chi connectivity index (χ0) is 13.4. The van der Waals surface area contributed by atoms with Crippen molar-refractivity contribution in [3.63, 3.8) is 0 Å². The van der Waals surface area contributed by atoms with Gasteiger partial charge in [-0.25, -0.2) is 4.79 Å². The van der Waals surface area contributed by atoms with Crippen molar-refractivity contribution >= 4 is 22.6 Å². The molecule has 1 aliphatic heterocycles. The van der Waals surface area contributed by atoms with Crippen molar-refractivity contribution in [3.05, 3.63) is 40.8 Å². The van der Waals surface area contributed by atoms with Crippen molar-refractivity contribution in [2.24, 2.45) is 11.7 Å². The molecular formula is C14H14N2O3. The monoisotopic (exact) mass is 258 g/mol. The molecule has 2 N–H and O–H groups in total. The summed E-state index contributed by atoms with van der Waals surface area (Å²) in [6.07, 6.45) is 0.498. The molecule has 1 aromatic heterocycles. The van der Waals surface area contributed by atoms with Crippen LogP contribution in [0.4, 0.5) is 5.69 Å². The van der Waals surface area contributed by atoms with Gasteiger partial charge in [0.15, 0.2) is 0 Å². The van der Waals surface area contributed by atoms with Crippen molar-refractivity contribution in [2.45, 2.75) is 6.42 Å². The quantitative estimate of drug-likeness (QED) is 0.818. The third-order valence-electron chi connectivity index (χ3n) is 3.45. The Morgan fingerprint density at radius 1 is 1.26 bits per heavy atom. The molecule has 19 heavy (non-hydrogen) atoms. The molecule has 98 valence electrons. The summed E-state index contributed by atoms with van der Waals surface area (Å²) in [6, 6.07) is 8.44. The summed E-state index contributed by atoms with van der Waals surface area (Å²) in [5.41, 5.74) is 6.59. The maximum Gasteiger partial charge on any atom is 0.336 e. The molecule has 1 unspecified atom stereocenters. The number of nitrogens with two attached hydrogens (primary N) is 1. The number of carbonyl (C=O) groups is 1. The second kappa shape index (κ2) is 4.51. The molecule has 0 spiro atoms. The van der Waals surface area contributed by atoms with Gasteiger partial charge in [0.2, 0.25) is 5.91 Å². The van der Waals surface area contributed by atoms with E-state index in [9.17, 15) is 9.59 Å². The summed E-state index contributed by atoms with van der Waals surface area (Å²) in [6.45, 7) is 1.17. The molecule has 0 radical (unpaired) electrons. The topological polar surface area (TPSA) is 76.5 Å². The summed E-state index contributed by atoms with van der Waals surface area (Å²) in [5.74, 6) is 0.309. The number of nitrogens with zero attached hydrogens (tertiary/aromatic N) is 1. The van der Waals surface area contributed by atoms with Crippen molar-refractivity contribution in [3.8, 4) is 0 Å². The van der Waals surface area contributed by atoms with Crippen molar-refractivity contribution < 1.29 is 9.21 Å². The molecule has 2 heterocycles. The van der Waals surface area contributed by atoms with Crippen molar-refractivity contribution in [2.75, 3.05) is 18.0 Å². The highest BCUT2D eigenvalue weighted by Gasteiger charge is 2.29. The zero-order valence-electron chi connectivity index (χ0n) is 10.3. The maximum atomic E-state index is 11.9. The highest BCUT2D eigenvalue weighted by Crippen LogP contribution is 2.27. The first-order valence-corrected chi connectivity index (χ1v) is 6.22. The molecule has 1 atom stereocenters. The summed E-state index contributed by atoms with van der Waals surface area (Å²) in [5, 5.41) is 0.807. The van der Waals surface area contributed by atoms with E-state index in [-0.39, 0.29) is 17.5 Å². The van der Waals surface area contributed by atoms with Crippen LogP contribution in [0.3, 0.4) is 0 Å². The van der Waals surface area contributed by atoms with E-state index in [4.69, 9.17) is 10.2 Å². The highest BCUT2D eigenvalue weighted by atomic mass is 16.4. The van der Waals surface area contributed by atoms with Gasteiger partial charge >= 0.3 is 5.63 Å². The Balaban J connectivity index is 2.00. The van der Waals surface area contributed by atoms with E-state index in [1.54, 1.807) is 23.1 Å². The van der Waals surface area contributed by atoms with Gasteiger partial charge < -0.3 is 15.1 Å². The van der Waals surface area contributed by atoms with Crippen LogP contribution < -0.4 is 16.3 Å². The second-order valence-electron chi connectivity index (χ2n) is 4.79. The number of hydrogen-bond donors (Lipinski definition) is 1. The van der Waals surface area contributed by atoms with Gasteiger partial charge in [-0.15, -0.1) is 0 Å². The average Bonchev–Trinajstić information content (AvgIpc) is 2.79. The largest absolute Gasteiger partial charge is 0.423 e. The lowest BCUT2D eigenvalue weighted by atomic mass is 10.1. The molecule has 0 saturated carbocycles. The van der Waals surface area contributed by atoms with Gasteiger partial charge in [0.1, 0.15) is 5.58 Å². The number of anilines is 1. The molecule has 1 amide bonds. The second-order valence-corrected chi connectivity index (χ2v) is 4.79. The van der Waals surface area contributed by atoms with Gasteiger partial charge in [-0.1, -0.05) is 0 Å². The van der Waals surface area contributed by atoms with Gasteiger partial charge in [0.25, 0.3) is 0 Å². The fourth-order valence-corrected chi connectivity index (χ4v) is 2.42. The Labute approximate surface area is 109 Å². The highest BCUT2D eigenvalue weighted by molar-refractivity contribution is 5.97. The first-order valence-electron chi connectivity index (χ1n) is 6.22. The number of amides is 1. The predicted molar refractivity (Wildman–Crippen MR) is 72.0 cm³/mol. The molecule has 1 saturated heterocycles. The molecule has 0 aliphatic carbocycles. The third kappa shape index (κ3) is 2.13. The normalized spacial score (nSPS) is 19.3. The van der Waals surface area contributed by atoms with Gasteiger partial charge in [0, 0.05) is 30.1 Å². The number of carbonyl (C=O) groups excluding carboxylic acids is 1. The molecule has 5 nitrogen and oxygen atoms in total. The molecule has 3 rings (SSSR count). The van der Waals surface area contributed by atoms with E-state index >= 15 is 0 Å². The first-order chi connectivity index (χ1) is 9.17. The number of hydrogen-bond acceptors (Lipinski definition) is 4. The van der Waals surface area contributed by atoms with Crippen LogP contribution in [0.5, 0.6) is 0 Å². The molecule has 2 aromatic rings. The van der Waals surface area contributed by atoms with E-state index in [1.165, 1.54) is 6.07 Å². The van der Waals surface area contributed by atoms with Gasteiger partial charge in [-0.2, -0.15) is 0 Å². The molecule has 1 aliphatic rings. The van der Waals surface area contributed by atoms with E-state index in [2.05, 4.69) is 0 Å². The fraction of sp³-hybridized carbons (Fsp3) is 0.286. The summed E-state index contributed by atoms with van der Waals surface area (Å²) >= 11 is 0. The Kier molecular flexibility index (Phi) is 2.83. The lowest BCUT2D eigenvalue weighted by Crippen LogP contribution is -2.25. The summed E-state index contributed by atoms with van der Waals surface area (Å²) in [4.78, 5) is 24.8. The Hall–Kier alpha value is -2.14. The average molecular weight is 258 g/mol. The van der Waals surface area contributed by atoms with Crippen molar-refractivity contribution in [1.82, 2.24) is 0 Å². The van der Waals surface area contributed by atoms with Crippen molar-refractivity contribution in [1.29, 1.82) is 0 Å². The Bertz CT molecular complexity index is 692. The van der Waals surface area contributed by atoms with Crippen LogP contribution in [-0.4, -0.2) is 19.0 Å². The van der Waals surface area contributed by atoms with Crippen LogP contribution in [-0.2, 0) is 4.79 Å². The molecule has 1 aromatic carbocycles. The minimum Gasteiger partial charge on any atom is -0.423 e. The third-order valence-corrected chi connectivity index (χ3v) is 3.45. The van der Waals surface area contributed by atoms with E-state index in [0.717, 1.165) is 11.1 Å². The lowest BCUT2D eigenvalue weighted by molar-refractivity contribution is -0.117. The molecular weight excluding hydrogens is 244 g/mol. The van der Waals surface area contributed by atoms with Gasteiger partial charge in [0.05, 0.1) is 0 Å². The maximum absolute atomic E-state index is 11.9. The van der Waals surface area contributed by atoms with Crippen LogP contribution in [0.15, 0.2) is 39.5 Å². The van der Waals surface area contributed by atoms with Crippen LogP contribution in [0.1, 0.15) is 6.42 Å². The lowest BCUT2D eigenvalue weighted by Gasteiger charge is -2.16. The van der Waals surface area contributed by atoms with E-state index in [1.807, 2.05) is 6.07 Å². The summed E-state index contributed by atoms with van der Waals surface area (Å²) < 4.78 is 5.07. The SMILES string of the molecule is NCC1CC(=O)N(c2ccc3oc(=O)ccc3c2)C1.